The highest BCUT2D eigenvalue weighted by atomic mass is 79.9. The van der Waals surface area contributed by atoms with Crippen LogP contribution >= 0.6 is 15.9 Å². The molecule has 15 heavy (non-hydrogen) atoms. The molecule has 80 valence electrons. The number of halogens is 1. The van der Waals surface area contributed by atoms with Crippen LogP contribution in [0.25, 0.3) is 0 Å². The van der Waals surface area contributed by atoms with Gasteiger partial charge in [0.05, 0.1) is 18.6 Å². The summed E-state index contributed by atoms with van der Waals surface area (Å²) in [5, 5.41) is 8.41. The molecule has 0 aromatic heterocycles. The molecule has 0 unspecified atom stereocenters. The van der Waals surface area contributed by atoms with E-state index < -0.39 is 5.97 Å². The molecular weight excluding hydrogens is 264 g/mol. The van der Waals surface area contributed by atoms with Crippen LogP contribution in [0.4, 0.5) is 0 Å². The molecule has 0 spiro atoms. The van der Waals surface area contributed by atoms with E-state index in [1.807, 2.05) is 0 Å². The largest absolute Gasteiger partial charge is 0.492 e. The van der Waals surface area contributed by atoms with Gasteiger partial charge in [-0.15, -0.1) is 0 Å². The zero-order valence-corrected chi connectivity index (χ0v) is 9.36. The number of ether oxygens (including phenoxy) is 1. The number of hydrogen-bond donors (Lipinski definition) is 1. The molecule has 4 nitrogen and oxygen atoms in total. The fourth-order valence-electron chi connectivity index (χ4n) is 0.991. The average molecular weight is 273 g/mol. The highest BCUT2D eigenvalue weighted by molar-refractivity contribution is 9.10. The van der Waals surface area contributed by atoms with Crippen LogP contribution in [0, 0.1) is 0 Å². The molecular formula is C10H9BrO4. The molecule has 5 heteroatoms. The number of benzene rings is 1. The molecule has 0 bridgehead atoms. The lowest BCUT2D eigenvalue weighted by Gasteiger charge is -2.06. The Hall–Kier alpha value is -1.36. The van der Waals surface area contributed by atoms with Crippen molar-refractivity contribution in [3.8, 4) is 5.75 Å². The molecule has 0 fully saturated rings. The maximum atomic E-state index is 10.7. The molecule has 0 saturated carbocycles. The highest BCUT2D eigenvalue weighted by Gasteiger charge is 2.04. The van der Waals surface area contributed by atoms with E-state index in [4.69, 9.17) is 9.84 Å². The van der Waals surface area contributed by atoms with E-state index >= 15 is 0 Å². The summed E-state index contributed by atoms with van der Waals surface area (Å²) in [6.45, 7) is 0.0534. The number of aliphatic carboxylic acids is 1. The fourth-order valence-corrected chi connectivity index (χ4v) is 1.37. The minimum absolute atomic E-state index is 0.0534. The monoisotopic (exact) mass is 272 g/mol. The average Bonchev–Trinajstić information content (AvgIpc) is 2.19. The number of carboxylic acid groups (broad SMARTS) is 1. The van der Waals surface area contributed by atoms with Gasteiger partial charge < -0.3 is 9.84 Å². The van der Waals surface area contributed by atoms with Gasteiger partial charge in [-0.05, 0) is 18.2 Å². The third-order valence-electron chi connectivity index (χ3n) is 1.67. The number of carbonyl (C=O) groups is 2. The fraction of sp³-hybridized carbons (Fsp3) is 0.200. The van der Waals surface area contributed by atoms with E-state index in [-0.39, 0.29) is 13.0 Å². The van der Waals surface area contributed by atoms with Gasteiger partial charge in [0.15, 0.2) is 6.29 Å². The molecule has 1 aromatic carbocycles. The minimum atomic E-state index is -0.931. The van der Waals surface area contributed by atoms with Gasteiger partial charge in [-0.3, -0.25) is 9.59 Å². The molecule has 0 amide bonds. The van der Waals surface area contributed by atoms with E-state index in [1.54, 1.807) is 18.2 Å². The van der Waals surface area contributed by atoms with Crippen molar-refractivity contribution in [1.29, 1.82) is 0 Å². The van der Waals surface area contributed by atoms with Gasteiger partial charge in [0.1, 0.15) is 5.75 Å². The van der Waals surface area contributed by atoms with E-state index in [2.05, 4.69) is 15.9 Å². The van der Waals surface area contributed by atoms with Crippen LogP contribution in [0.3, 0.4) is 0 Å². The summed E-state index contributed by atoms with van der Waals surface area (Å²) in [4.78, 5) is 20.9. The summed E-state index contributed by atoms with van der Waals surface area (Å²) in [6.07, 6.45) is 0.579. The Labute approximate surface area is 95.0 Å². The Balaban J connectivity index is 2.67. The Morgan fingerprint density at radius 2 is 2.27 bits per heavy atom. The normalized spacial score (nSPS) is 9.67. The Morgan fingerprint density at radius 1 is 1.53 bits per heavy atom. The van der Waals surface area contributed by atoms with Crippen molar-refractivity contribution in [1.82, 2.24) is 0 Å². The molecule has 1 rings (SSSR count). The third-order valence-corrected chi connectivity index (χ3v) is 2.17. The number of aldehydes is 1. The standard InChI is InChI=1S/C10H9BrO4/c11-8-1-2-9(7(5-8)6-12)15-4-3-10(13)14/h1-2,5-6H,3-4H2,(H,13,14). The predicted molar refractivity (Wildman–Crippen MR) is 57.3 cm³/mol. The second-order valence-corrected chi connectivity index (χ2v) is 3.71. The Bertz CT molecular complexity index is 376. The molecule has 0 aliphatic heterocycles. The van der Waals surface area contributed by atoms with Gasteiger partial charge in [0.2, 0.25) is 0 Å². The zero-order chi connectivity index (χ0) is 11.3. The lowest BCUT2D eigenvalue weighted by Crippen LogP contribution is -2.05. The maximum Gasteiger partial charge on any atom is 0.306 e. The molecule has 0 heterocycles. The summed E-state index contributed by atoms with van der Waals surface area (Å²) >= 11 is 3.22. The first-order chi connectivity index (χ1) is 7.13. The number of rotatable bonds is 5. The lowest BCUT2D eigenvalue weighted by molar-refractivity contribution is -0.137. The molecule has 0 atom stereocenters. The topological polar surface area (TPSA) is 63.6 Å². The number of carbonyl (C=O) groups excluding carboxylic acids is 1. The van der Waals surface area contributed by atoms with Crippen LogP contribution in [0.5, 0.6) is 5.75 Å². The van der Waals surface area contributed by atoms with E-state index in [0.717, 1.165) is 4.47 Å². The Morgan fingerprint density at radius 3 is 2.87 bits per heavy atom. The van der Waals surface area contributed by atoms with Gasteiger partial charge in [0, 0.05) is 4.47 Å². The van der Waals surface area contributed by atoms with Crippen molar-refractivity contribution in [2.75, 3.05) is 6.61 Å². The second-order valence-electron chi connectivity index (χ2n) is 2.79. The smallest absolute Gasteiger partial charge is 0.306 e. The molecule has 1 aromatic rings. The summed E-state index contributed by atoms with van der Waals surface area (Å²) in [5.74, 6) is -0.533. The van der Waals surface area contributed by atoms with Crippen molar-refractivity contribution in [3.63, 3.8) is 0 Å². The second kappa shape index (κ2) is 5.50. The quantitative estimate of drug-likeness (QED) is 0.834. The Kier molecular flexibility index (Phi) is 4.30. The van der Waals surface area contributed by atoms with Crippen LogP contribution in [0.2, 0.25) is 0 Å². The van der Waals surface area contributed by atoms with Crippen LogP contribution < -0.4 is 4.74 Å². The molecule has 0 saturated heterocycles. The van der Waals surface area contributed by atoms with E-state index in [9.17, 15) is 9.59 Å². The zero-order valence-electron chi connectivity index (χ0n) is 7.77. The van der Waals surface area contributed by atoms with E-state index in [0.29, 0.717) is 17.6 Å². The first-order valence-electron chi connectivity index (χ1n) is 4.23. The lowest BCUT2D eigenvalue weighted by atomic mass is 10.2. The maximum absolute atomic E-state index is 10.7. The number of hydrogen-bond acceptors (Lipinski definition) is 3. The van der Waals surface area contributed by atoms with Crippen LogP contribution in [0.1, 0.15) is 16.8 Å². The van der Waals surface area contributed by atoms with E-state index in [1.165, 1.54) is 0 Å². The van der Waals surface area contributed by atoms with Crippen LogP contribution in [0.15, 0.2) is 22.7 Å². The first-order valence-corrected chi connectivity index (χ1v) is 5.02. The molecule has 0 radical (unpaired) electrons. The SMILES string of the molecule is O=Cc1cc(Br)ccc1OCCC(=O)O. The summed E-state index contributed by atoms with van der Waals surface area (Å²) in [6, 6.07) is 4.96. The van der Waals surface area contributed by atoms with Gasteiger partial charge in [-0.2, -0.15) is 0 Å². The van der Waals surface area contributed by atoms with Crippen LogP contribution in [-0.2, 0) is 4.79 Å². The molecule has 0 aliphatic carbocycles. The van der Waals surface area contributed by atoms with Gasteiger partial charge in [0.25, 0.3) is 0 Å². The molecule has 0 aliphatic rings. The van der Waals surface area contributed by atoms with Crippen LogP contribution in [-0.4, -0.2) is 24.0 Å². The van der Waals surface area contributed by atoms with Crippen molar-refractivity contribution in [2.45, 2.75) is 6.42 Å². The van der Waals surface area contributed by atoms with Crippen molar-refractivity contribution in [2.24, 2.45) is 0 Å². The van der Waals surface area contributed by atoms with Gasteiger partial charge in [-0.1, -0.05) is 15.9 Å². The number of carboxylic acids is 1. The van der Waals surface area contributed by atoms with Gasteiger partial charge in [-0.25, -0.2) is 0 Å². The van der Waals surface area contributed by atoms with Crippen molar-refractivity contribution in [3.05, 3.63) is 28.2 Å². The molecule has 1 N–H and O–H groups in total. The van der Waals surface area contributed by atoms with Gasteiger partial charge >= 0.3 is 5.97 Å². The predicted octanol–water partition coefficient (Wildman–Crippen LogP) is 2.12. The highest BCUT2D eigenvalue weighted by Crippen LogP contribution is 2.21. The summed E-state index contributed by atoms with van der Waals surface area (Å²) < 4.78 is 5.93. The van der Waals surface area contributed by atoms with Crippen molar-refractivity contribution < 1.29 is 19.4 Å². The summed E-state index contributed by atoms with van der Waals surface area (Å²) in [5.41, 5.74) is 0.398. The first kappa shape index (κ1) is 11.7. The van der Waals surface area contributed by atoms with Crippen molar-refractivity contribution >= 4 is 28.2 Å². The minimum Gasteiger partial charge on any atom is -0.492 e. The summed E-state index contributed by atoms with van der Waals surface area (Å²) in [7, 11) is 0. The third kappa shape index (κ3) is 3.71.